The average Bonchev–Trinajstić information content (AvgIpc) is 2.92. The third-order valence-electron chi connectivity index (χ3n) is 4.35. The monoisotopic (exact) mass is 244 g/mol. The molecule has 1 saturated carbocycles. The van der Waals surface area contributed by atoms with Crippen LogP contribution >= 0.6 is 0 Å². The van der Waals surface area contributed by atoms with Crippen molar-refractivity contribution in [2.75, 3.05) is 0 Å². The second kappa shape index (κ2) is 3.40. The zero-order valence-corrected chi connectivity index (χ0v) is 9.90. The first kappa shape index (κ1) is 10.2. The van der Waals surface area contributed by atoms with Crippen molar-refractivity contribution in [3.63, 3.8) is 0 Å². The first-order valence-corrected chi connectivity index (χ1v) is 6.44. The molecule has 0 N–H and O–H groups in total. The Morgan fingerprint density at radius 2 is 2.22 bits per heavy atom. The van der Waals surface area contributed by atoms with Crippen LogP contribution in [0.5, 0.6) is 0 Å². The van der Waals surface area contributed by atoms with Crippen LogP contribution in [0.2, 0.25) is 0 Å². The van der Waals surface area contributed by atoms with Crippen molar-refractivity contribution in [1.29, 1.82) is 0 Å². The summed E-state index contributed by atoms with van der Waals surface area (Å²) < 4.78 is 15.0. The van der Waals surface area contributed by atoms with E-state index in [1.807, 2.05) is 0 Å². The van der Waals surface area contributed by atoms with Gasteiger partial charge in [-0.3, -0.25) is 9.36 Å². The molecule has 4 heteroatoms. The van der Waals surface area contributed by atoms with Gasteiger partial charge < -0.3 is 0 Å². The van der Waals surface area contributed by atoms with E-state index < -0.39 is 0 Å². The molecule has 1 aliphatic heterocycles. The lowest BCUT2D eigenvalue weighted by Crippen LogP contribution is -2.22. The second-order valence-corrected chi connectivity index (χ2v) is 5.34. The van der Waals surface area contributed by atoms with Crippen LogP contribution < -0.4 is 5.56 Å². The molecule has 0 saturated heterocycles. The molecule has 1 aromatic heterocycles. The van der Waals surface area contributed by atoms with Gasteiger partial charge in [-0.1, -0.05) is 6.42 Å². The van der Waals surface area contributed by atoms with E-state index in [0.29, 0.717) is 22.7 Å². The summed E-state index contributed by atoms with van der Waals surface area (Å²) >= 11 is 0. The maximum atomic E-state index is 13.2. The van der Waals surface area contributed by atoms with Crippen molar-refractivity contribution >= 4 is 10.9 Å². The van der Waals surface area contributed by atoms with E-state index in [-0.39, 0.29) is 11.4 Å². The summed E-state index contributed by atoms with van der Waals surface area (Å²) in [5.41, 5.74) is 0.545. The Hall–Kier alpha value is -1.71. The Bertz CT molecular complexity index is 707. The SMILES string of the molecule is O=c1c2cc(F)ccc2nc2n1CC1CCCC21. The van der Waals surface area contributed by atoms with Gasteiger partial charge in [0.05, 0.1) is 10.9 Å². The normalized spacial score (nSPS) is 25.4. The van der Waals surface area contributed by atoms with Crippen LogP contribution in [0.25, 0.3) is 10.9 Å². The maximum Gasteiger partial charge on any atom is 0.261 e. The summed E-state index contributed by atoms with van der Waals surface area (Å²) in [6, 6.07) is 4.27. The highest BCUT2D eigenvalue weighted by Gasteiger charge is 2.38. The molecule has 2 aliphatic rings. The van der Waals surface area contributed by atoms with E-state index >= 15 is 0 Å². The van der Waals surface area contributed by atoms with Crippen molar-refractivity contribution in [3.8, 4) is 0 Å². The molecule has 1 fully saturated rings. The number of hydrogen-bond donors (Lipinski definition) is 0. The van der Waals surface area contributed by atoms with Gasteiger partial charge in [0.2, 0.25) is 0 Å². The highest BCUT2D eigenvalue weighted by atomic mass is 19.1. The van der Waals surface area contributed by atoms with Crippen LogP contribution in [0.3, 0.4) is 0 Å². The summed E-state index contributed by atoms with van der Waals surface area (Å²) in [6.45, 7) is 0.762. The number of rotatable bonds is 0. The zero-order chi connectivity index (χ0) is 12.3. The van der Waals surface area contributed by atoms with E-state index in [4.69, 9.17) is 0 Å². The van der Waals surface area contributed by atoms with Crippen LogP contribution in [0.15, 0.2) is 23.0 Å². The van der Waals surface area contributed by atoms with E-state index in [1.54, 1.807) is 10.6 Å². The van der Waals surface area contributed by atoms with Gasteiger partial charge in [-0.25, -0.2) is 9.37 Å². The average molecular weight is 244 g/mol. The Morgan fingerprint density at radius 1 is 1.33 bits per heavy atom. The van der Waals surface area contributed by atoms with E-state index in [1.165, 1.54) is 25.0 Å². The van der Waals surface area contributed by atoms with E-state index in [9.17, 15) is 9.18 Å². The molecule has 0 amide bonds. The molecule has 0 radical (unpaired) electrons. The minimum absolute atomic E-state index is 0.0797. The number of halogens is 1. The molecule has 0 spiro atoms. The lowest BCUT2D eigenvalue weighted by Gasteiger charge is -2.08. The molecule has 2 atom stereocenters. The quantitative estimate of drug-likeness (QED) is 0.713. The van der Waals surface area contributed by atoms with E-state index in [2.05, 4.69) is 4.98 Å². The topological polar surface area (TPSA) is 34.9 Å². The molecule has 2 heterocycles. The fraction of sp³-hybridized carbons (Fsp3) is 0.429. The Kier molecular flexibility index (Phi) is 1.93. The number of fused-ring (bicyclic) bond motifs is 4. The molecule has 1 aliphatic carbocycles. The minimum Gasteiger partial charge on any atom is -0.296 e. The first-order valence-electron chi connectivity index (χ1n) is 6.44. The number of benzene rings is 1. The third kappa shape index (κ3) is 1.23. The Labute approximate surface area is 103 Å². The molecule has 2 aromatic rings. The largest absolute Gasteiger partial charge is 0.296 e. The molecule has 3 nitrogen and oxygen atoms in total. The van der Waals surface area contributed by atoms with Gasteiger partial charge in [0, 0.05) is 12.5 Å². The minimum atomic E-state index is -0.375. The lowest BCUT2D eigenvalue weighted by atomic mass is 9.99. The van der Waals surface area contributed by atoms with Crippen LogP contribution in [0.4, 0.5) is 4.39 Å². The summed E-state index contributed by atoms with van der Waals surface area (Å²) in [5, 5.41) is 0.402. The standard InChI is InChI=1S/C14H13FN2O/c15-9-4-5-12-11(6-9)14(18)17-7-8-2-1-3-10(8)13(17)16-12/h4-6,8,10H,1-3,7H2. The number of hydrogen-bond acceptors (Lipinski definition) is 2. The molecule has 18 heavy (non-hydrogen) atoms. The molecule has 0 bridgehead atoms. The van der Waals surface area contributed by atoms with Gasteiger partial charge in [0.25, 0.3) is 5.56 Å². The van der Waals surface area contributed by atoms with Gasteiger partial charge in [-0.2, -0.15) is 0 Å². The Balaban J connectivity index is 2.04. The lowest BCUT2D eigenvalue weighted by molar-refractivity contribution is 0.489. The fourth-order valence-electron chi connectivity index (χ4n) is 3.50. The summed E-state index contributed by atoms with van der Waals surface area (Å²) in [7, 11) is 0. The molecular formula is C14H13FN2O. The fourth-order valence-corrected chi connectivity index (χ4v) is 3.50. The predicted molar refractivity (Wildman–Crippen MR) is 66.0 cm³/mol. The van der Waals surface area contributed by atoms with Crippen LogP contribution in [-0.2, 0) is 6.54 Å². The first-order chi connectivity index (χ1) is 8.74. The van der Waals surface area contributed by atoms with Gasteiger partial charge in [0.1, 0.15) is 11.6 Å². The number of aromatic nitrogens is 2. The maximum absolute atomic E-state index is 13.2. The zero-order valence-electron chi connectivity index (χ0n) is 9.90. The van der Waals surface area contributed by atoms with Crippen molar-refractivity contribution in [2.45, 2.75) is 31.7 Å². The molecule has 1 aromatic carbocycles. The summed E-state index contributed by atoms with van der Waals surface area (Å²) in [6.07, 6.45) is 3.54. The van der Waals surface area contributed by atoms with Gasteiger partial charge in [-0.15, -0.1) is 0 Å². The van der Waals surface area contributed by atoms with Crippen LogP contribution in [0, 0.1) is 11.7 Å². The van der Waals surface area contributed by atoms with Crippen molar-refractivity contribution in [3.05, 3.63) is 40.2 Å². The van der Waals surface area contributed by atoms with Crippen LogP contribution in [0.1, 0.15) is 31.0 Å². The van der Waals surface area contributed by atoms with Crippen molar-refractivity contribution in [1.82, 2.24) is 9.55 Å². The number of nitrogens with zero attached hydrogens (tertiary/aromatic N) is 2. The highest BCUT2D eigenvalue weighted by molar-refractivity contribution is 5.77. The molecule has 92 valence electrons. The smallest absolute Gasteiger partial charge is 0.261 e. The van der Waals surface area contributed by atoms with Gasteiger partial charge in [0.15, 0.2) is 0 Å². The third-order valence-corrected chi connectivity index (χ3v) is 4.35. The van der Waals surface area contributed by atoms with Crippen molar-refractivity contribution < 1.29 is 4.39 Å². The van der Waals surface area contributed by atoms with Crippen molar-refractivity contribution in [2.24, 2.45) is 5.92 Å². The summed E-state index contributed by atoms with van der Waals surface area (Å²) in [5.74, 6) is 1.54. The second-order valence-electron chi connectivity index (χ2n) is 5.34. The molecular weight excluding hydrogens is 231 g/mol. The molecule has 4 rings (SSSR count). The Morgan fingerprint density at radius 3 is 3.11 bits per heavy atom. The van der Waals surface area contributed by atoms with Crippen LogP contribution in [-0.4, -0.2) is 9.55 Å². The predicted octanol–water partition coefficient (Wildman–Crippen LogP) is 2.43. The molecule has 2 unspecified atom stereocenters. The van der Waals surface area contributed by atoms with E-state index in [0.717, 1.165) is 18.8 Å². The van der Waals surface area contributed by atoms with Gasteiger partial charge in [-0.05, 0) is 37.0 Å². The van der Waals surface area contributed by atoms with Gasteiger partial charge >= 0.3 is 0 Å². The highest BCUT2D eigenvalue weighted by Crippen LogP contribution is 2.43. The summed E-state index contributed by atoms with van der Waals surface area (Å²) in [4.78, 5) is 17.0.